The van der Waals surface area contributed by atoms with Gasteiger partial charge in [0.1, 0.15) is 5.52 Å². The quantitative estimate of drug-likeness (QED) is 0.121. The molecule has 75 heavy (non-hydrogen) atoms. The molecule has 0 N–H and O–H groups in total. The van der Waals surface area contributed by atoms with Gasteiger partial charge in [-0.25, -0.2) is 4.98 Å². The van der Waals surface area contributed by atoms with Crippen LogP contribution in [0.3, 0.4) is 0 Å². The number of hydrogen-bond acceptors (Lipinski definition) is 5. The van der Waals surface area contributed by atoms with Crippen LogP contribution in [0, 0.1) is 0 Å². The molecule has 0 fully saturated rings. The van der Waals surface area contributed by atoms with Crippen LogP contribution in [-0.2, 0) is 0 Å². The zero-order chi connectivity index (χ0) is 49.7. The minimum Gasteiger partial charge on any atom is -0.435 e. The Morgan fingerprint density at radius 1 is 0.307 bits per heavy atom. The monoisotopic (exact) mass is 961 g/mol. The van der Waals surface area contributed by atoms with Crippen molar-refractivity contribution < 1.29 is 4.42 Å². The largest absolute Gasteiger partial charge is 0.435 e. The molecule has 14 aromatic rings. The number of hydrogen-bond donors (Lipinski definition) is 0. The Hall–Kier alpha value is -10.2. The van der Waals surface area contributed by atoms with Gasteiger partial charge in [-0.2, -0.15) is 0 Å². The summed E-state index contributed by atoms with van der Waals surface area (Å²) in [7, 11) is 0. The van der Waals surface area contributed by atoms with Gasteiger partial charge in [0.25, 0.3) is 0 Å². The molecule has 0 radical (unpaired) electrons. The lowest BCUT2D eigenvalue weighted by Gasteiger charge is -2.31. The Balaban J connectivity index is 0.980. The fourth-order valence-electron chi connectivity index (χ4n) is 10.9. The van der Waals surface area contributed by atoms with E-state index in [-0.39, 0.29) is 0 Å². The minimum atomic E-state index is 0.603. The highest BCUT2D eigenvalue weighted by Crippen LogP contribution is 2.46. The Morgan fingerprint density at radius 2 is 0.747 bits per heavy atom. The number of benzene rings is 12. The van der Waals surface area contributed by atoms with Gasteiger partial charge in [0.2, 0.25) is 5.89 Å². The predicted octanol–water partition coefficient (Wildman–Crippen LogP) is 19.3. The van der Waals surface area contributed by atoms with Crippen LogP contribution in [0.2, 0.25) is 0 Å². The van der Waals surface area contributed by atoms with Crippen molar-refractivity contribution in [1.29, 1.82) is 0 Å². The normalized spacial score (nSPS) is 11.5. The molecule has 12 aromatic carbocycles. The molecular formula is C69H47N5O. The highest BCUT2D eigenvalue weighted by atomic mass is 16.3. The summed E-state index contributed by atoms with van der Waals surface area (Å²) in [4.78, 5) is 12.1. The zero-order valence-corrected chi connectivity index (χ0v) is 40.8. The van der Waals surface area contributed by atoms with E-state index in [9.17, 15) is 0 Å². The van der Waals surface area contributed by atoms with Crippen LogP contribution < -0.4 is 14.7 Å². The van der Waals surface area contributed by atoms with Crippen molar-refractivity contribution in [3.8, 4) is 17.1 Å². The van der Waals surface area contributed by atoms with Crippen LogP contribution >= 0.6 is 0 Å². The van der Waals surface area contributed by atoms with Crippen molar-refractivity contribution in [2.45, 2.75) is 0 Å². The molecule has 0 aliphatic heterocycles. The van der Waals surface area contributed by atoms with Crippen LogP contribution in [0.15, 0.2) is 290 Å². The van der Waals surface area contributed by atoms with Gasteiger partial charge >= 0.3 is 0 Å². The topological polar surface area (TPSA) is 40.7 Å². The Kier molecular flexibility index (Phi) is 10.7. The summed E-state index contributed by atoms with van der Waals surface area (Å²) in [5, 5.41) is 6.72. The molecule has 2 aromatic heterocycles. The van der Waals surface area contributed by atoms with Gasteiger partial charge < -0.3 is 23.7 Å². The van der Waals surface area contributed by atoms with E-state index in [0.717, 1.165) is 101 Å². The molecule has 0 spiro atoms. The van der Waals surface area contributed by atoms with Crippen LogP contribution in [0.1, 0.15) is 0 Å². The Labute approximate surface area is 434 Å². The van der Waals surface area contributed by atoms with E-state index in [1.165, 1.54) is 16.3 Å². The molecule has 0 aliphatic rings. The second-order valence-electron chi connectivity index (χ2n) is 18.8. The van der Waals surface area contributed by atoms with E-state index >= 15 is 0 Å². The predicted molar refractivity (Wildman–Crippen MR) is 313 cm³/mol. The smallest absolute Gasteiger partial charge is 0.227 e. The van der Waals surface area contributed by atoms with Gasteiger partial charge in [-0.1, -0.05) is 152 Å². The lowest BCUT2D eigenvalue weighted by molar-refractivity contribution is 0.623. The first kappa shape index (κ1) is 43.6. The maximum absolute atomic E-state index is 6.74. The third kappa shape index (κ3) is 7.80. The second kappa shape index (κ2) is 18.5. The first-order valence-electron chi connectivity index (χ1n) is 25.4. The third-order valence-electron chi connectivity index (χ3n) is 14.3. The maximum Gasteiger partial charge on any atom is 0.227 e. The first-order valence-corrected chi connectivity index (χ1v) is 25.4. The Bertz CT molecular complexity index is 4330. The van der Waals surface area contributed by atoms with E-state index in [2.05, 4.69) is 274 Å². The average molecular weight is 962 g/mol. The summed E-state index contributed by atoms with van der Waals surface area (Å²) in [5.41, 5.74) is 15.2. The average Bonchev–Trinajstić information content (AvgIpc) is 4.07. The second-order valence-corrected chi connectivity index (χ2v) is 18.8. The lowest BCUT2D eigenvalue weighted by Crippen LogP contribution is -2.14. The molecule has 0 amide bonds. The number of oxazole rings is 1. The summed E-state index contributed by atoms with van der Waals surface area (Å²) in [6, 6.07) is 101. The summed E-state index contributed by atoms with van der Waals surface area (Å²) >= 11 is 0. The highest BCUT2D eigenvalue weighted by Gasteiger charge is 2.23. The van der Waals surface area contributed by atoms with E-state index in [0.29, 0.717) is 5.89 Å². The SMILES string of the molecule is c1ccc(-c2nc3ccc4ccc5ccc(N(c6cccc(N(c7ccccc7)c7ccccc7)c6)c6cccc(N(c7ccccc7)c7ccc8c9ccccc9n(-c9ccccc9)c8c7)c6)cc5c4c3o2)cc1. The summed E-state index contributed by atoms with van der Waals surface area (Å²) < 4.78 is 9.12. The summed E-state index contributed by atoms with van der Waals surface area (Å²) in [6.07, 6.45) is 0. The van der Waals surface area contributed by atoms with Crippen LogP contribution in [0.25, 0.3) is 71.6 Å². The molecular weight excluding hydrogens is 915 g/mol. The molecule has 6 heteroatoms. The Morgan fingerprint density at radius 3 is 1.37 bits per heavy atom. The van der Waals surface area contributed by atoms with Gasteiger partial charge in [-0.05, 0) is 150 Å². The molecule has 6 nitrogen and oxygen atoms in total. The number of nitrogens with zero attached hydrogens (tertiary/aromatic N) is 5. The summed E-state index contributed by atoms with van der Waals surface area (Å²) in [6.45, 7) is 0. The van der Waals surface area contributed by atoms with Crippen molar-refractivity contribution in [2.75, 3.05) is 14.7 Å². The standard InChI is InChI=1S/C69H47N5O/c1-6-20-50(21-7-1)69-70-64-43-39-49-37-36-48-38-40-59(46-63(48)67(49)68(64)75-69)73(57-32-18-30-55(44-57)71(51-22-8-2-9-23-51)52-24-10-3-11-25-52)58-33-19-31-56(45-58)72(53-26-12-4-13-27-53)60-41-42-62-61-34-16-17-35-65(61)74(66(62)47-60)54-28-14-5-15-29-54/h1-47H. The van der Waals surface area contributed by atoms with Crippen LogP contribution in [0.4, 0.5) is 51.2 Å². The third-order valence-corrected chi connectivity index (χ3v) is 14.3. The number of fused-ring (bicyclic) bond motifs is 8. The fourth-order valence-corrected chi connectivity index (χ4v) is 10.9. The lowest BCUT2D eigenvalue weighted by atomic mass is 10.00. The molecule has 0 saturated carbocycles. The molecule has 0 atom stereocenters. The minimum absolute atomic E-state index is 0.603. The highest BCUT2D eigenvalue weighted by molar-refractivity contribution is 6.19. The van der Waals surface area contributed by atoms with Crippen molar-refractivity contribution >= 4 is 106 Å². The van der Waals surface area contributed by atoms with Gasteiger partial charge in [0, 0.05) is 78.6 Å². The molecule has 354 valence electrons. The van der Waals surface area contributed by atoms with Gasteiger partial charge in [0.15, 0.2) is 5.58 Å². The zero-order valence-electron chi connectivity index (χ0n) is 40.8. The van der Waals surface area contributed by atoms with E-state index < -0.39 is 0 Å². The molecule has 0 saturated heterocycles. The van der Waals surface area contributed by atoms with E-state index in [1.54, 1.807) is 0 Å². The summed E-state index contributed by atoms with van der Waals surface area (Å²) in [5.74, 6) is 0.603. The van der Waals surface area contributed by atoms with Gasteiger partial charge in [-0.3, -0.25) is 0 Å². The number of anilines is 9. The molecule has 0 bridgehead atoms. The number of rotatable bonds is 11. The van der Waals surface area contributed by atoms with Crippen molar-refractivity contribution in [3.05, 3.63) is 285 Å². The van der Waals surface area contributed by atoms with Gasteiger partial charge in [-0.15, -0.1) is 0 Å². The molecule has 0 aliphatic carbocycles. The molecule has 14 rings (SSSR count). The molecule has 0 unspecified atom stereocenters. The maximum atomic E-state index is 6.74. The van der Waals surface area contributed by atoms with E-state index in [1.807, 2.05) is 30.3 Å². The number of para-hydroxylation sites is 5. The van der Waals surface area contributed by atoms with Gasteiger partial charge in [0.05, 0.1) is 11.0 Å². The molecule has 2 heterocycles. The van der Waals surface area contributed by atoms with Crippen LogP contribution in [-0.4, -0.2) is 9.55 Å². The van der Waals surface area contributed by atoms with Crippen molar-refractivity contribution in [2.24, 2.45) is 0 Å². The van der Waals surface area contributed by atoms with Crippen molar-refractivity contribution in [3.63, 3.8) is 0 Å². The van der Waals surface area contributed by atoms with E-state index in [4.69, 9.17) is 9.40 Å². The van der Waals surface area contributed by atoms with Crippen molar-refractivity contribution in [1.82, 2.24) is 9.55 Å². The first-order chi connectivity index (χ1) is 37.2. The number of aromatic nitrogens is 2. The van der Waals surface area contributed by atoms with Crippen LogP contribution in [0.5, 0.6) is 0 Å². The fraction of sp³-hybridized carbons (Fsp3) is 0.